The van der Waals surface area contributed by atoms with Gasteiger partial charge in [0.1, 0.15) is 30.2 Å². The molecule has 0 spiro atoms. The third kappa shape index (κ3) is 5.16. The topological polar surface area (TPSA) is 61.7 Å². The number of fused-ring (bicyclic) bond motifs is 5. The second kappa shape index (κ2) is 11.2. The van der Waals surface area contributed by atoms with Gasteiger partial charge < -0.3 is 14.7 Å². The third-order valence-corrected chi connectivity index (χ3v) is 11.2. The molecule has 0 radical (unpaired) electrons. The predicted molar refractivity (Wildman–Crippen MR) is 170 cm³/mol. The summed E-state index contributed by atoms with van der Waals surface area (Å²) in [7, 11) is 0. The average molecular weight is 653 g/mol. The summed E-state index contributed by atoms with van der Waals surface area (Å²) in [5.41, 5.74) is 1.97. The quantitative estimate of drug-likeness (QED) is 0.214. The third-order valence-electron chi connectivity index (χ3n) is 11.2. The summed E-state index contributed by atoms with van der Waals surface area (Å²) >= 11 is 0. The summed E-state index contributed by atoms with van der Waals surface area (Å²) in [6.07, 6.45) is -1.52. The molecule has 4 heterocycles. The number of halogens is 5. The van der Waals surface area contributed by atoms with Crippen LogP contribution in [0.2, 0.25) is 0 Å². The fourth-order valence-corrected chi connectivity index (χ4v) is 9.22. The van der Waals surface area contributed by atoms with Crippen LogP contribution in [0.1, 0.15) is 44.6 Å². The van der Waals surface area contributed by atoms with Crippen molar-refractivity contribution in [1.82, 2.24) is 14.9 Å². The highest BCUT2D eigenvalue weighted by molar-refractivity contribution is 6.02. The zero-order valence-corrected chi connectivity index (χ0v) is 26.2. The van der Waals surface area contributed by atoms with E-state index >= 15 is 0 Å². The van der Waals surface area contributed by atoms with E-state index in [1.165, 1.54) is 6.07 Å². The first-order valence-corrected chi connectivity index (χ1v) is 16.6. The summed E-state index contributed by atoms with van der Waals surface area (Å²) < 4.78 is 77.8. The molecule has 47 heavy (non-hydrogen) atoms. The van der Waals surface area contributed by atoms with E-state index in [0.717, 1.165) is 19.4 Å². The summed E-state index contributed by atoms with van der Waals surface area (Å²) in [6, 6.07) is 11.9. The van der Waals surface area contributed by atoms with Crippen LogP contribution in [0.4, 0.5) is 27.8 Å². The Morgan fingerprint density at radius 3 is 2.55 bits per heavy atom. The zero-order valence-electron chi connectivity index (χ0n) is 26.2. The molecule has 3 saturated heterocycles. The first-order chi connectivity index (χ1) is 22.5. The van der Waals surface area contributed by atoms with Crippen LogP contribution < -0.4 is 9.64 Å². The van der Waals surface area contributed by atoms with Gasteiger partial charge in [0.15, 0.2) is 0 Å². The number of phenolic OH excluding ortho intramolecular Hbond substituents is 1. The number of phenols is 1. The predicted octanol–water partition coefficient (Wildman–Crippen LogP) is 7.84. The standard InChI is InChI=1S/C36H37F5N4O2/c1-2-26-29(38)9-7-21-12-25(46)14-28(31(21)26)20-6-8-27-30(13-20)42-34(47-19-35-10-3-11-45(35)18-24(37)15-35)43-33(27)44-16-22-4-5-23(17-44)32(22)36(39,40)41/h6-9,12-14,22-24,32,46H,2-5,10-11,15-19H2,1H3/t22?,23?,24-,32?,35+/m1/s1. The van der Waals surface area contributed by atoms with Crippen LogP contribution in [0.5, 0.6) is 11.8 Å². The molecule has 4 aromatic rings. The fourth-order valence-electron chi connectivity index (χ4n) is 9.22. The lowest BCUT2D eigenvalue weighted by Gasteiger charge is -2.39. The maximum Gasteiger partial charge on any atom is 0.392 e. The number of ether oxygens (including phenoxy) is 1. The van der Waals surface area contributed by atoms with Gasteiger partial charge in [0, 0.05) is 31.4 Å². The summed E-state index contributed by atoms with van der Waals surface area (Å²) in [4.78, 5) is 13.7. The van der Waals surface area contributed by atoms with E-state index in [-0.39, 0.29) is 37.3 Å². The molecule has 4 aliphatic rings. The van der Waals surface area contributed by atoms with Crippen molar-refractivity contribution >= 4 is 27.5 Å². The van der Waals surface area contributed by atoms with Crippen LogP contribution in [0, 0.1) is 23.6 Å². The second-order valence-electron chi connectivity index (χ2n) is 14.0. The lowest BCUT2D eigenvalue weighted by molar-refractivity contribution is -0.196. The van der Waals surface area contributed by atoms with Crippen LogP contribution in [-0.4, -0.2) is 70.6 Å². The minimum Gasteiger partial charge on any atom is -0.508 e. The van der Waals surface area contributed by atoms with Crippen molar-refractivity contribution < 1.29 is 31.8 Å². The number of nitrogens with zero attached hydrogens (tertiary/aromatic N) is 4. The van der Waals surface area contributed by atoms with Gasteiger partial charge in [-0.3, -0.25) is 4.90 Å². The number of hydrogen-bond acceptors (Lipinski definition) is 6. The van der Waals surface area contributed by atoms with Crippen molar-refractivity contribution in [3.05, 3.63) is 53.8 Å². The van der Waals surface area contributed by atoms with Gasteiger partial charge >= 0.3 is 12.2 Å². The Morgan fingerprint density at radius 2 is 1.81 bits per heavy atom. The van der Waals surface area contributed by atoms with Gasteiger partial charge in [-0.05, 0) is 108 Å². The van der Waals surface area contributed by atoms with Gasteiger partial charge in [-0.15, -0.1) is 0 Å². The number of aromatic nitrogens is 2. The van der Waals surface area contributed by atoms with E-state index < -0.39 is 35.6 Å². The molecule has 6 nitrogen and oxygen atoms in total. The van der Waals surface area contributed by atoms with Gasteiger partial charge in [0.2, 0.25) is 0 Å². The van der Waals surface area contributed by atoms with Gasteiger partial charge in [0.05, 0.1) is 17.0 Å². The molecule has 0 amide bonds. The van der Waals surface area contributed by atoms with Crippen molar-refractivity contribution in [3.8, 4) is 22.9 Å². The molecule has 248 valence electrons. The van der Waals surface area contributed by atoms with E-state index in [1.54, 1.807) is 18.2 Å². The normalized spacial score (nSPS) is 27.7. The Balaban J connectivity index is 1.23. The number of benzene rings is 3. The van der Waals surface area contributed by atoms with E-state index in [2.05, 4.69) is 4.90 Å². The van der Waals surface area contributed by atoms with Gasteiger partial charge in [0.25, 0.3) is 0 Å². The molecule has 1 N–H and O–H groups in total. The highest BCUT2D eigenvalue weighted by Crippen LogP contribution is 2.51. The molecule has 1 saturated carbocycles. The minimum atomic E-state index is -4.24. The number of anilines is 1. The molecular weight excluding hydrogens is 615 g/mol. The molecule has 3 aromatic carbocycles. The van der Waals surface area contributed by atoms with Crippen molar-refractivity contribution in [2.45, 2.75) is 63.3 Å². The maximum absolute atomic E-state index is 15.0. The van der Waals surface area contributed by atoms with Crippen molar-refractivity contribution in [2.75, 3.05) is 37.7 Å². The van der Waals surface area contributed by atoms with Crippen LogP contribution in [0.25, 0.3) is 32.8 Å². The Kier molecular flexibility index (Phi) is 7.27. The van der Waals surface area contributed by atoms with Gasteiger partial charge in [-0.25, -0.2) is 8.78 Å². The summed E-state index contributed by atoms with van der Waals surface area (Å²) in [6.45, 7) is 3.75. The Morgan fingerprint density at radius 1 is 1.02 bits per heavy atom. The molecule has 2 bridgehead atoms. The molecular formula is C36H37F5N4O2. The van der Waals surface area contributed by atoms with E-state index in [4.69, 9.17) is 14.7 Å². The van der Waals surface area contributed by atoms with E-state index in [0.29, 0.717) is 76.4 Å². The molecule has 4 fully saturated rings. The highest BCUT2D eigenvalue weighted by atomic mass is 19.4. The Bertz CT molecular complexity index is 1850. The van der Waals surface area contributed by atoms with Crippen LogP contribution in [0.3, 0.4) is 0 Å². The molecule has 11 heteroatoms. The smallest absolute Gasteiger partial charge is 0.392 e. The number of hydrogen-bond donors (Lipinski definition) is 1. The Labute approximate surface area is 269 Å². The molecule has 8 rings (SSSR count). The number of alkyl halides is 4. The van der Waals surface area contributed by atoms with Crippen LogP contribution >= 0.6 is 0 Å². The zero-order chi connectivity index (χ0) is 32.7. The van der Waals surface area contributed by atoms with Crippen molar-refractivity contribution in [2.24, 2.45) is 17.8 Å². The number of aromatic hydroxyl groups is 1. The van der Waals surface area contributed by atoms with Gasteiger partial charge in [-0.1, -0.05) is 19.1 Å². The average Bonchev–Trinajstić information content (AvgIpc) is 3.66. The van der Waals surface area contributed by atoms with Crippen LogP contribution in [-0.2, 0) is 6.42 Å². The second-order valence-corrected chi connectivity index (χ2v) is 14.0. The Hall–Kier alpha value is -3.73. The molecule has 3 aliphatic heterocycles. The van der Waals surface area contributed by atoms with Crippen molar-refractivity contribution in [1.29, 1.82) is 0 Å². The SMILES string of the molecule is CCc1c(F)ccc2cc(O)cc(-c3ccc4c(N5CC6CCC(C5)C6C(F)(F)F)nc(OC[C@@]56CCCN5C[C@H](F)C6)nc4c3)c12. The fraction of sp³-hybridized carbons (Fsp3) is 0.500. The molecule has 2 unspecified atom stereocenters. The molecule has 1 aromatic heterocycles. The maximum atomic E-state index is 15.0. The first-order valence-electron chi connectivity index (χ1n) is 16.6. The minimum absolute atomic E-state index is 0.0415. The summed E-state index contributed by atoms with van der Waals surface area (Å²) in [5.74, 6) is -2.12. The van der Waals surface area contributed by atoms with Crippen LogP contribution in [0.15, 0.2) is 42.5 Å². The highest BCUT2D eigenvalue weighted by Gasteiger charge is 2.55. The number of rotatable bonds is 6. The lowest BCUT2D eigenvalue weighted by Crippen LogP contribution is -2.47. The van der Waals surface area contributed by atoms with Crippen molar-refractivity contribution in [3.63, 3.8) is 0 Å². The summed E-state index contributed by atoms with van der Waals surface area (Å²) in [5, 5.41) is 12.7. The first kappa shape index (κ1) is 30.6. The number of piperidine rings is 1. The number of aryl methyl sites for hydroxylation is 1. The van der Waals surface area contributed by atoms with E-state index in [1.807, 2.05) is 30.0 Å². The van der Waals surface area contributed by atoms with E-state index in [9.17, 15) is 27.1 Å². The monoisotopic (exact) mass is 652 g/mol. The molecule has 4 atom stereocenters. The largest absolute Gasteiger partial charge is 0.508 e. The van der Waals surface area contributed by atoms with Gasteiger partial charge in [-0.2, -0.15) is 23.1 Å². The molecule has 1 aliphatic carbocycles. The lowest BCUT2D eigenvalue weighted by atomic mass is 9.84.